The van der Waals surface area contributed by atoms with Crippen LogP contribution in [-0.4, -0.2) is 27.9 Å². The molecule has 1 aliphatic heterocycles. The highest BCUT2D eigenvalue weighted by molar-refractivity contribution is 5.86. The molecule has 0 N–H and O–H groups in total. The SMILES string of the molecule is [2H]c1nc(C([2H])([2H])[2H])c([2H])c([2H])c1C([2H])([2H])Cn1c2c(c3c([2H])c(C)c([2H])c([2H])c31)C([2H])([2H])N(C([2H])([2H])[2H])C([2H])([2H])C2([2H])[2H]. The predicted molar refractivity (Wildman–Crippen MR) is 99.4 cm³/mol. The molecule has 0 aliphatic carbocycles. The second-order valence-electron chi connectivity index (χ2n) is 5.09. The van der Waals surface area contributed by atoms with Gasteiger partial charge in [-0.05, 0) is 56.4 Å². The van der Waals surface area contributed by atoms with E-state index < -0.39 is 116 Å². The van der Waals surface area contributed by atoms with Gasteiger partial charge in [0, 0.05) is 73.6 Å². The second kappa shape index (κ2) is 6.06. The molecule has 0 fully saturated rings. The highest BCUT2D eigenvalue weighted by Crippen LogP contribution is 2.31. The molecule has 0 saturated heterocycles. The van der Waals surface area contributed by atoms with Crippen LogP contribution >= 0.6 is 0 Å². The number of aryl methyl sites for hydroxylation is 2. The Morgan fingerprint density at radius 3 is 3.21 bits per heavy atom. The standard InChI is InChI=1S/C21H25N3/c1-15-4-7-20-18(12-15)19-14-23(3)10-9-21(19)24(20)11-8-17-6-5-16(2)22-13-17/h4-7,12-13H,8-11,14H2,1-3H3/i2D3,3D3,4D,5D,6D,7D,8D2,9D2,10D2,12D,13D,14D2. The van der Waals surface area contributed by atoms with Gasteiger partial charge in [-0.25, -0.2) is 0 Å². The van der Waals surface area contributed by atoms with Gasteiger partial charge in [-0.1, -0.05) is 17.6 Å². The van der Waals surface area contributed by atoms with E-state index in [2.05, 4.69) is 4.98 Å². The van der Waals surface area contributed by atoms with Crippen molar-refractivity contribution in [2.75, 3.05) is 13.5 Å². The molecule has 0 unspecified atom stereocenters. The Labute approximate surface area is 172 Å². The third-order valence-corrected chi connectivity index (χ3v) is 3.45. The number of hydrogen-bond acceptors (Lipinski definition) is 2. The summed E-state index contributed by atoms with van der Waals surface area (Å²) in [5.74, 6) is 0. The number of benzene rings is 1. The van der Waals surface area contributed by atoms with Crippen molar-refractivity contribution in [2.24, 2.45) is 0 Å². The smallest absolute Gasteiger partial charge is 0.0843 e. The van der Waals surface area contributed by atoms with Crippen LogP contribution in [0.25, 0.3) is 10.9 Å². The first-order chi connectivity index (χ1) is 19.6. The molecule has 24 heavy (non-hydrogen) atoms. The van der Waals surface area contributed by atoms with Crippen molar-refractivity contribution in [3.05, 3.63) is 64.5 Å². The number of fused-ring (bicyclic) bond motifs is 3. The molecule has 3 aromatic rings. The Morgan fingerprint density at radius 2 is 2.33 bits per heavy atom. The van der Waals surface area contributed by atoms with Gasteiger partial charge in [0.15, 0.2) is 0 Å². The van der Waals surface area contributed by atoms with Crippen molar-refractivity contribution in [1.29, 1.82) is 0 Å². The van der Waals surface area contributed by atoms with E-state index in [4.69, 9.17) is 27.4 Å². The molecule has 0 spiro atoms. The minimum atomic E-state index is -3.66. The summed E-state index contributed by atoms with van der Waals surface area (Å²) in [5, 5.41) is -0.567. The van der Waals surface area contributed by atoms with Crippen LogP contribution in [0.2, 0.25) is 0 Å². The summed E-state index contributed by atoms with van der Waals surface area (Å²) in [6.45, 7) is -13.7. The molecule has 0 bridgehead atoms. The lowest BCUT2D eigenvalue weighted by Gasteiger charge is -2.24. The number of hydrogen-bond donors (Lipinski definition) is 0. The van der Waals surface area contributed by atoms with E-state index in [1.807, 2.05) is 0 Å². The van der Waals surface area contributed by atoms with E-state index in [1.54, 1.807) is 0 Å². The van der Waals surface area contributed by atoms with Crippen LogP contribution in [-0.2, 0) is 25.8 Å². The lowest BCUT2D eigenvalue weighted by Crippen LogP contribution is -2.27. The van der Waals surface area contributed by atoms with Gasteiger partial charge in [0.2, 0.25) is 0 Å². The van der Waals surface area contributed by atoms with Gasteiger partial charge in [0.25, 0.3) is 0 Å². The Bertz CT molecular complexity index is 1700. The normalized spacial score (nSPS) is 35.0. The van der Waals surface area contributed by atoms with Crippen molar-refractivity contribution >= 4 is 10.9 Å². The number of pyridine rings is 1. The van der Waals surface area contributed by atoms with E-state index in [0.717, 1.165) is 0 Å². The molecule has 3 nitrogen and oxygen atoms in total. The van der Waals surface area contributed by atoms with Gasteiger partial charge >= 0.3 is 0 Å². The van der Waals surface area contributed by atoms with E-state index in [0.29, 0.717) is 4.57 Å². The fourth-order valence-electron chi connectivity index (χ4n) is 2.42. The molecular formula is C21H25N3. The summed E-state index contributed by atoms with van der Waals surface area (Å²) in [7, 11) is 0. The third-order valence-electron chi connectivity index (χ3n) is 3.45. The summed E-state index contributed by atoms with van der Waals surface area (Å²) < 4.78 is 167. The first kappa shape index (κ1) is 4.73. The average molecular weight is 340 g/mol. The van der Waals surface area contributed by atoms with Crippen LogP contribution in [0, 0.1) is 13.8 Å². The van der Waals surface area contributed by atoms with Crippen LogP contribution in [0.5, 0.6) is 0 Å². The molecule has 4 rings (SSSR count). The van der Waals surface area contributed by atoms with Crippen LogP contribution < -0.4 is 0 Å². The molecule has 2 aromatic heterocycles. The van der Waals surface area contributed by atoms with Crippen LogP contribution in [0.1, 0.15) is 55.5 Å². The summed E-state index contributed by atoms with van der Waals surface area (Å²) in [6, 6.07) is -4.02. The van der Waals surface area contributed by atoms with Crippen molar-refractivity contribution in [3.8, 4) is 0 Å². The molecular weight excluding hydrogens is 294 g/mol. The van der Waals surface area contributed by atoms with E-state index >= 15 is 0 Å². The van der Waals surface area contributed by atoms with Gasteiger partial charge in [0.1, 0.15) is 0 Å². The minimum absolute atomic E-state index is 0.180. The fourth-order valence-corrected chi connectivity index (χ4v) is 2.42. The largest absolute Gasteiger partial charge is 0.344 e. The van der Waals surface area contributed by atoms with Crippen molar-refractivity contribution in [1.82, 2.24) is 14.5 Å². The number of aromatic nitrogens is 2. The molecule has 124 valence electrons. The maximum atomic E-state index is 8.80. The number of likely N-dealkylation sites (N-methyl/N-ethyl adjacent to an activating group) is 1. The monoisotopic (exact) mass is 339 g/mol. The number of rotatable bonds is 3. The van der Waals surface area contributed by atoms with Gasteiger partial charge < -0.3 is 9.47 Å². The molecule has 3 heterocycles. The Kier molecular flexibility index (Phi) is 1.19. The summed E-state index contributed by atoms with van der Waals surface area (Å²) in [5.41, 5.74) is -4.51. The van der Waals surface area contributed by atoms with E-state index in [1.165, 1.54) is 6.92 Å². The average Bonchev–Trinajstić information content (AvgIpc) is 3.16. The van der Waals surface area contributed by atoms with Gasteiger partial charge in [-0.3, -0.25) is 4.98 Å². The van der Waals surface area contributed by atoms with Crippen LogP contribution in [0.3, 0.4) is 0 Å². The summed E-state index contributed by atoms with van der Waals surface area (Å²) >= 11 is 0. The Hall–Kier alpha value is -2.13. The Morgan fingerprint density at radius 1 is 1.38 bits per heavy atom. The van der Waals surface area contributed by atoms with Crippen molar-refractivity contribution in [2.45, 2.75) is 39.6 Å². The van der Waals surface area contributed by atoms with E-state index in [-0.39, 0.29) is 10.5 Å². The molecule has 0 amide bonds. The quantitative estimate of drug-likeness (QED) is 0.722. The lowest BCUT2D eigenvalue weighted by atomic mass is 10.0. The minimum Gasteiger partial charge on any atom is -0.344 e. The lowest BCUT2D eigenvalue weighted by molar-refractivity contribution is 0.309. The molecule has 3 heteroatoms. The zero-order valence-electron chi connectivity index (χ0n) is 32.5. The first-order valence-electron chi connectivity index (χ1n) is 17.0. The topological polar surface area (TPSA) is 21.1 Å². The third kappa shape index (κ3) is 2.73. The zero-order chi connectivity index (χ0) is 34.1. The van der Waals surface area contributed by atoms with E-state index in [9.17, 15) is 0 Å². The van der Waals surface area contributed by atoms with Gasteiger partial charge in [-0.15, -0.1) is 0 Å². The first-order valence-corrected chi connectivity index (χ1v) is 6.99. The van der Waals surface area contributed by atoms with Crippen molar-refractivity contribution in [3.63, 3.8) is 0 Å². The molecule has 1 aliphatic rings. The molecule has 1 aromatic carbocycles. The number of nitrogens with zero attached hydrogens (tertiary/aromatic N) is 3. The second-order valence-corrected chi connectivity index (χ2v) is 5.09. The van der Waals surface area contributed by atoms with Crippen molar-refractivity contribution < 1.29 is 27.4 Å². The molecule has 0 saturated carbocycles. The highest BCUT2D eigenvalue weighted by Gasteiger charge is 2.22. The fraction of sp³-hybridized carbons (Fsp3) is 0.381. The van der Waals surface area contributed by atoms with Gasteiger partial charge in [0.05, 0.1) is 8.22 Å². The highest BCUT2D eigenvalue weighted by atomic mass is 15.1. The summed E-state index contributed by atoms with van der Waals surface area (Å²) in [4.78, 5) is 3.20. The van der Waals surface area contributed by atoms with Gasteiger partial charge in [-0.2, -0.15) is 0 Å². The molecule has 0 atom stereocenters. The maximum Gasteiger partial charge on any atom is 0.0843 e. The predicted octanol–water partition coefficient (Wildman–Crippen LogP) is 3.88. The zero-order valence-corrected chi connectivity index (χ0v) is 12.5. The van der Waals surface area contributed by atoms with Crippen LogP contribution in [0.15, 0.2) is 36.4 Å². The maximum absolute atomic E-state index is 8.80. The molecule has 0 radical (unpaired) electrons. The van der Waals surface area contributed by atoms with Crippen LogP contribution in [0.4, 0.5) is 0 Å². The summed E-state index contributed by atoms with van der Waals surface area (Å²) in [6.07, 6.45) is -7.58. The Balaban J connectivity index is 2.19.